The molecule has 31 heavy (non-hydrogen) atoms. The highest BCUT2D eigenvalue weighted by molar-refractivity contribution is 5.96. The van der Waals surface area contributed by atoms with Crippen molar-refractivity contribution in [3.63, 3.8) is 0 Å². The van der Waals surface area contributed by atoms with Crippen LogP contribution in [0, 0.1) is 11.8 Å². The molecule has 0 bridgehead atoms. The first kappa shape index (κ1) is 21.4. The van der Waals surface area contributed by atoms with E-state index < -0.39 is 0 Å². The number of carbonyl (C=O) groups is 2. The predicted octanol–water partition coefficient (Wildman–Crippen LogP) is 5.09. The zero-order valence-electron chi connectivity index (χ0n) is 18.7. The molecule has 4 rings (SSSR count). The number of anilines is 1. The van der Waals surface area contributed by atoms with Gasteiger partial charge < -0.3 is 10.2 Å². The van der Waals surface area contributed by atoms with Crippen LogP contribution in [0.15, 0.2) is 60.7 Å². The molecule has 0 saturated heterocycles. The van der Waals surface area contributed by atoms with Crippen LogP contribution in [0.25, 0.3) is 0 Å². The molecule has 0 aromatic heterocycles. The standard InChI is InChI=1S/C27H32N2O2/c1-27(2,3)21-12-14-22(15-13-21)28-25(30)23-10-6-7-11-24(23)26(31)29-17-16-19-8-4-5-9-20(19)18-29/h4-9,12-15,23-24H,10-11,16-18H2,1-3H3,(H,28,30). The van der Waals surface area contributed by atoms with Crippen LogP contribution >= 0.6 is 0 Å². The number of rotatable bonds is 3. The Hall–Kier alpha value is -2.88. The lowest BCUT2D eigenvalue weighted by molar-refractivity contribution is -0.141. The summed E-state index contributed by atoms with van der Waals surface area (Å²) in [5, 5.41) is 3.05. The van der Waals surface area contributed by atoms with Gasteiger partial charge in [0.25, 0.3) is 0 Å². The molecule has 2 atom stereocenters. The molecule has 0 spiro atoms. The van der Waals surface area contributed by atoms with Gasteiger partial charge in [0.2, 0.25) is 11.8 Å². The zero-order valence-corrected chi connectivity index (χ0v) is 18.7. The van der Waals surface area contributed by atoms with Gasteiger partial charge in [0.15, 0.2) is 0 Å². The summed E-state index contributed by atoms with van der Waals surface area (Å²) < 4.78 is 0. The highest BCUT2D eigenvalue weighted by Crippen LogP contribution is 2.31. The normalized spacial score (nSPS) is 20.8. The van der Waals surface area contributed by atoms with Crippen molar-refractivity contribution < 1.29 is 9.59 Å². The number of benzene rings is 2. The molecular weight excluding hydrogens is 384 g/mol. The number of nitrogens with one attached hydrogen (secondary N) is 1. The second-order valence-electron chi connectivity index (χ2n) is 9.75. The Morgan fingerprint density at radius 3 is 2.23 bits per heavy atom. The first-order valence-electron chi connectivity index (χ1n) is 11.2. The molecule has 2 aliphatic rings. The van der Waals surface area contributed by atoms with Gasteiger partial charge in [0.1, 0.15) is 0 Å². The Balaban J connectivity index is 1.45. The van der Waals surface area contributed by atoms with Gasteiger partial charge in [-0.1, -0.05) is 69.3 Å². The van der Waals surface area contributed by atoms with E-state index in [-0.39, 0.29) is 29.1 Å². The summed E-state index contributed by atoms with van der Waals surface area (Å²) in [5.74, 6) is -0.605. The third-order valence-corrected chi connectivity index (χ3v) is 6.55. The molecule has 1 aliphatic heterocycles. The Bertz CT molecular complexity index is 985. The largest absolute Gasteiger partial charge is 0.338 e. The summed E-state index contributed by atoms with van der Waals surface area (Å²) in [6.07, 6.45) is 6.18. The van der Waals surface area contributed by atoms with Crippen LogP contribution in [0.4, 0.5) is 5.69 Å². The van der Waals surface area contributed by atoms with Crippen molar-refractivity contribution in [1.29, 1.82) is 0 Å². The minimum absolute atomic E-state index is 0.0661. The molecule has 0 saturated carbocycles. The summed E-state index contributed by atoms with van der Waals surface area (Å²) in [6.45, 7) is 7.87. The van der Waals surface area contributed by atoms with Crippen molar-refractivity contribution >= 4 is 17.5 Å². The van der Waals surface area contributed by atoms with E-state index >= 15 is 0 Å². The number of amides is 2. The third-order valence-electron chi connectivity index (χ3n) is 6.55. The van der Waals surface area contributed by atoms with Gasteiger partial charge in [-0.15, -0.1) is 0 Å². The fourth-order valence-electron chi connectivity index (χ4n) is 4.58. The Morgan fingerprint density at radius 1 is 0.903 bits per heavy atom. The molecule has 2 aromatic carbocycles. The van der Waals surface area contributed by atoms with E-state index in [0.717, 1.165) is 18.7 Å². The average molecular weight is 417 g/mol. The monoisotopic (exact) mass is 416 g/mol. The van der Waals surface area contributed by atoms with Crippen molar-refractivity contribution in [1.82, 2.24) is 4.90 Å². The summed E-state index contributed by atoms with van der Waals surface area (Å²) in [6, 6.07) is 16.3. The van der Waals surface area contributed by atoms with Gasteiger partial charge in [-0.3, -0.25) is 9.59 Å². The lowest BCUT2D eigenvalue weighted by atomic mass is 9.81. The summed E-state index contributed by atoms with van der Waals surface area (Å²) in [5.41, 5.74) is 4.62. The van der Waals surface area contributed by atoms with E-state index in [9.17, 15) is 9.59 Å². The fraction of sp³-hybridized carbons (Fsp3) is 0.407. The molecule has 0 radical (unpaired) electrons. The number of allylic oxidation sites excluding steroid dienone is 2. The molecule has 0 fully saturated rings. The lowest BCUT2D eigenvalue weighted by Crippen LogP contribution is -2.45. The third kappa shape index (κ3) is 4.73. The highest BCUT2D eigenvalue weighted by atomic mass is 16.2. The van der Waals surface area contributed by atoms with E-state index in [1.165, 1.54) is 16.7 Å². The SMILES string of the molecule is CC(C)(C)c1ccc(NC(=O)C2CC=CCC2C(=O)N2CCc3ccccc3C2)cc1. The molecule has 4 nitrogen and oxygen atoms in total. The van der Waals surface area contributed by atoms with Crippen LogP contribution in [-0.4, -0.2) is 23.3 Å². The molecular formula is C27H32N2O2. The van der Waals surface area contributed by atoms with E-state index in [4.69, 9.17) is 0 Å². The Morgan fingerprint density at radius 2 is 1.55 bits per heavy atom. The van der Waals surface area contributed by atoms with Crippen LogP contribution in [0.2, 0.25) is 0 Å². The van der Waals surface area contributed by atoms with E-state index in [0.29, 0.717) is 19.4 Å². The maximum atomic E-state index is 13.4. The minimum atomic E-state index is -0.336. The van der Waals surface area contributed by atoms with Gasteiger partial charge in [0.05, 0.1) is 11.8 Å². The Labute approximate surface area is 185 Å². The van der Waals surface area contributed by atoms with Gasteiger partial charge in [-0.25, -0.2) is 0 Å². The average Bonchev–Trinajstić information content (AvgIpc) is 2.78. The maximum Gasteiger partial charge on any atom is 0.228 e. The number of carbonyl (C=O) groups excluding carboxylic acids is 2. The van der Waals surface area contributed by atoms with Crippen molar-refractivity contribution in [2.24, 2.45) is 11.8 Å². The maximum absolute atomic E-state index is 13.4. The number of hydrogen-bond donors (Lipinski definition) is 1. The number of nitrogens with zero attached hydrogens (tertiary/aromatic N) is 1. The summed E-state index contributed by atoms with van der Waals surface area (Å²) >= 11 is 0. The minimum Gasteiger partial charge on any atom is -0.338 e. The van der Waals surface area contributed by atoms with Gasteiger partial charge in [-0.2, -0.15) is 0 Å². The molecule has 2 amide bonds. The van der Waals surface area contributed by atoms with Crippen LogP contribution < -0.4 is 5.32 Å². The van der Waals surface area contributed by atoms with E-state index in [2.05, 4.69) is 56.4 Å². The molecule has 1 heterocycles. The predicted molar refractivity (Wildman–Crippen MR) is 125 cm³/mol. The second kappa shape index (κ2) is 8.70. The summed E-state index contributed by atoms with van der Waals surface area (Å²) in [7, 11) is 0. The van der Waals surface area contributed by atoms with Gasteiger partial charge >= 0.3 is 0 Å². The van der Waals surface area contributed by atoms with Crippen LogP contribution in [0.3, 0.4) is 0 Å². The molecule has 4 heteroatoms. The second-order valence-corrected chi connectivity index (χ2v) is 9.75. The van der Waals surface area contributed by atoms with Crippen molar-refractivity contribution in [3.8, 4) is 0 Å². The number of hydrogen-bond acceptors (Lipinski definition) is 2. The fourth-order valence-corrected chi connectivity index (χ4v) is 4.58. The molecule has 162 valence electrons. The number of fused-ring (bicyclic) bond motifs is 1. The smallest absolute Gasteiger partial charge is 0.228 e. The lowest BCUT2D eigenvalue weighted by Gasteiger charge is -2.35. The quantitative estimate of drug-likeness (QED) is 0.709. The first-order valence-corrected chi connectivity index (χ1v) is 11.2. The van der Waals surface area contributed by atoms with Crippen molar-refractivity contribution in [2.75, 3.05) is 11.9 Å². The van der Waals surface area contributed by atoms with Crippen LogP contribution in [-0.2, 0) is 28.0 Å². The van der Waals surface area contributed by atoms with Crippen LogP contribution in [0.1, 0.15) is 50.3 Å². The van der Waals surface area contributed by atoms with E-state index in [1.54, 1.807) is 0 Å². The Kier molecular flexibility index (Phi) is 5.99. The van der Waals surface area contributed by atoms with Crippen molar-refractivity contribution in [3.05, 3.63) is 77.4 Å². The topological polar surface area (TPSA) is 49.4 Å². The zero-order chi connectivity index (χ0) is 22.0. The summed E-state index contributed by atoms with van der Waals surface area (Å²) in [4.78, 5) is 28.5. The van der Waals surface area contributed by atoms with Gasteiger partial charge in [-0.05, 0) is 53.5 Å². The van der Waals surface area contributed by atoms with Crippen LogP contribution in [0.5, 0.6) is 0 Å². The molecule has 2 unspecified atom stereocenters. The van der Waals surface area contributed by atoms with Crippen molar-refractivity contribution in [2.45, 2.75) is 52.0 Å². The highest BCUT2D eigenvalue weighted by Gasteiger charge is 2.37. The molecule has 2 aromatic rings. The van der Waals surface area contributed by atoms with E-state index in [1.807, 2.05) is 35.3 Å². The first-order chi connectivity index (χ1) is 14.8. The molecule has 1 aliphatic carbocycles. The molecule has 1 N–H and O–H groups in total. The van der Waals surface area contributed by atoms with Gasteiger partial charge in [0, 0.05) is 18.8 Å².